The summed E-state index contributed by atoms with van der Waals surface area (Å²) in [5.41, 5.74) is 0.412. The number of nitriles is 1. The van der Waals surface area contributed by atoms with Gasteiger partial charge in [-0.25, -0.2) is 14.8 Å². The minimum Gasteiger partial charge on any atom is -0.394 e. The highest BCUT2D eigenvalue weighted by molar-refractivity contribution is 5.95. The Morgan fingerprint density at radius 3 is 2.30 bits per heavy atom. The number of fused-ring (bicyclic) bond motifs is 1. The summed E-state index contributed by atoms with van der Waals surface area (Å²) in [5, 5.41) is 61.2. The average molecular weight is 860 g/mol. The van der Waals surface area contributed by atoms with Crippen molar-refractivity contribution in [1.29, 1.82) is 5.26 Å². The standard InChI is InChI=1S/C39H57N9O13/c1-19-11-14-47(26(51)10-13-40)16-24(19)46(3)34-23-12-15-48(35(23)42-18-41-34)39(56)45-22-8-6-21(7-9-22)44-36(55)33-32(57-4)29(53)30(54)38(61-33)60-31-27(43-20(2)50)37(58-5)59-25(17-49)28(31)52/h12,15,18-19,21-22,24-25,27-33,37-38,49,52-54H,6-11,14,16-17H2,1-5H3,(H,43,50)(H,44,55)(H,45,56)/t19-,21?,22?,24+,25?,27?,28-,29-,30?,31-,32+,33?,37-,38-/m1/s1. The van der Waals surface area contributed by atoms with Gasteiger partial charge in [0.1, 0.15) is 61.2 Å². The lowest BCUT2D eigenvalue weighted by Crippen LogP contribution is -2.68. The van der Waals surface area contributed by atoms with Crippen LogP contribution in [0, 0.1) is 17.2 Å². The third kappa shape index (κ3) is 9.90. The predicted octanol–water partition coefficient (Wildman–Crippen LogP) is -1.92. The van der Waals surface area contributed by atoms with Crippen molar-refractivity contribution in [3.05, 3.63) is 18.6 Å². The molecular weight excluding hydrogens is 802 g/mol. The van der Waals surface area contributed by atoms with Crippen molar-refractivity contribution in [1.82, 2.24) is 35.4 Å². The Bertz CT molecular complexity index is 1910. The summed E-state index contributed by atoms with van der Waals surface area (Å²) in [7, 11) is 4.43. The zero-order chi connectivity index (χ0) is 44.1. The van der Waals surface area contributed by atoms with Crippen LogP contribution in [0.2, 0.25) is 0 Å². The number of nitrogens with zero attached hydrogens (tertiary/aromatic N) is 6. The third-order valence-electron chi connectivity index (χ3n) is 12.2. The van der Waals surface area contributed by atoms with Gasteiger partial charge >= 0.3 is 6.03 Å². The summed E-state index contributed by atoms with van der Waals surface area (Å²) < 4.78 is 29.6. The molecule has 1 saturated carbocycles. The highest BCUT2D eigenvalue weighted by atomic mass is 16.7. The normalized spacial score (nSPS) is 34.3. The van der Waals surface area contributed by atoms with Crippen molar-refractivity contribution in [2.45, 2.75) is 132 Å². The van der Waals surface area contributed by atoms with Gasteiger partial charge in [-0.15, -0.1) is 0 Å². The van der Waals surface area contributed by atoms with Gasteiger partial charge < -0.3 is 69.9 Å². The lowest BCUT2D eigenvalue weighted by molar-refractivity contribution is -0.338. The molecule has 1 aliphatic carbocycles. The van der Waals surface area contributed by atoms with E-state index >= 15 is 0 Å². The van der Waals surface area contributed by atoms with Crippen molar-refractivity contribution in [3.63, 3.8) is 0 Å². The number of anilines is 1. The second-order valence-electron chi connectivity index (χ2n) is 16.1. The molecule has 0 radical (unpaired) electrons. The van der Waals surface area contributed by atoms with Crippen molar-refractivity contribution in [2.75, 3.05) is 45.9 Å². The molecule has 0 aromatic carbocycles. The zero-order valence-electron chi connectivity index (χ0n) is 34.8. The lowest BCUT2D eigenvalue weighted by atomic mass is 9.90. The second kappa shape index (κ2) is 20.1. The molecule has 0 bridgehead atoms. The Morgan fingerprint density at radius 2 is 1.66 bits per heavy atom. The van der Waals surface area contributed by atoms with Gasteiger partial charge in [-0.3, -0.25) is 19.0 Å². The number of nitrogens with one attached hydrogen (secondary N) is 3. The average Bonchev–Trinajstić information content (AvgIpc) is 3.69. The molecule has 4 aliphatic rings. The van der Waals surface area contributed by atoms with Gasteiger partial charge in [-0.2, -0.15) is 5.26 Å². The zero-order valence-corrected chi connectivity index (χ0v) is 34.8. The Morgan fingerprint density at radius 1 is 0.951 bits per heavy atom. The molecule has 336 valence electrons. The molecule has 3 aliphatic heterocycles. The molecule has 7 N–H and O–H groups in total. The smallest absolute Gasteiger partial charge is 0.327 e. The van der Waals surface area contributed by atoms with E-state index in [2.05, 4.69) is 32.8 Å². The minimum atomic E-state index is -1.76. The number of aliphatic hydroxyl groups is 4. The Labute approximate surface area is 352 Å². The van der Waals surface area contributed by atoms with Gasteiger partial charge in [0.05, 0.1) is 24.1 Å². The number of hydrogen-bond acceptors (Lipinski definition) is 17. The summed E-state index contributed by atoms with van der Waals surface area (Å²) >= 11 is 0. The molecule has 6 rings (SSSR count). The van der Waals surface area contributed by atoms with Gasteiger partial charge in [0.25, 0.3) is 5.91 Å². The van der Waals surface area contributed by atoms with Crippen molar-refractivity contribution < 1.29 is 63.3 Å². The number of aromatic nitrogens is 3. The molecule has 0 spiro atoms. The number of carbonyl (C=O) groups excluding carboxylic acids is 4. The quantitative estimate of drug-likeness (QED) is 0.122. The van der Waals surface area contributed by atoms with Gasteiger partial charge in [-0.05, 0) is 44.1 Å². The van der Waals surface area contributed by atoms with Crippen LogP contribution in [0.15, 0.2) is 18.6 Å². The van der Waals surface area contributed by atoms with Crippen LogP contribution in [0.3, 0.4) is 0 Å². The summed E-state index contributed by atoms with van der Waals surface area (Å²) in [6, 6.07) is 1.55. The number of ether oxygens (including phenoxy) is 5. The highest BCUT2D eigenvalue weighted by Crippen LogP contribution is 2.32. The van der Waals surface area contributed by atoms with E-state index in [1.54, 1.807) is 17.2 Å². The van der Waals surface area contributed by atoms with Crippen LogP contribution in [0.5, 0.6) is 0 Å². The van der Waals surface area contributed by atoms with Crippen LogP contribution in [0.1, 0.15) is 52.4 Å². The monoisotopic (exact) mass is 859 g/mol. The van der Waals surface area contributed by atoms with E-state index in [1.165, 1.54) is 32.0 Å². The minimum absolute atomic E-state index is 0.0708. The Hall–Kier alpha value is -4.57. The number of carbonyl (C=O) groups is 4. The summed E-state index contributed by atoms with van der Waals surface area (Å²) in [6.07, 6.45) is -7.61. The maximum atomic E-state index is 13.7. The first-order chi connectivity index (χ1) is 29.2. The van der Waals surface area contributed by atoms with Gasteiger partial charge in [-0.1, -0.05) is 6.92 Å². The fraction of sp³-hybridized carbons (Fsp3) is 0.718. The number of amides is 4. The molecule has 2 aromatic heterocycles. The molecule has 2 aromatic rings. The molecule has 4 fully saturated rings. The molecular formula is C39H57N9O13. The van der Waals surface area contributed by atoms with Crippen LogP contribution >= 0.6 is 0 Å². The first-order valence-corrected chi connectivity index (χ1v) is 20.5. The van der Waals surface area contributed by atoms with E-state index in [0.717, 1.165) is 6.42 Å². The molecule has 61 heavy (non-hydrogen) atoms. The van der Waals surface area contributed by atoms with Crippen LogP contribution in [0.4, 0.5) is 10.6 Å². The summed E-state index contributed by atoms with van der Waals surface area (Å²) in [5.74, 6) is -0.529. The second-order valence-corrected chi connectivity index (χ2v) is 16.1. The molecule has 12 atom stereocenters. The van der Waals surface area contributed by atoms with Gasteiger partial charge in [0.15, 0.2) is 24.3 Å². The van der Waals surface area contributed by atoms with E-state index in [-0.39, 0.29) is 42.4 Å². The summed E-state index contributed by atoms with van der Waals surface area (Å²) in [4.78, 5) is 64.6. The predicted molar refractivity (Wildman–Crippen MR) is 211 cm³/mol. The maximum absolute atomic E-state index is 13.7. The van der Waals surface area contributed by atoms with Crippen LogP contribution in [0.25, 0.3) is 11.0 Å². The molecule has 22 nitrogen and oxygen atoms in total. The van der Waals surface area contributed by atoms with Gasteiger partial charge in [0.2, 0.25) is 11.8 Å². The van der Waals surface area contributed by atoms with E-state index in [9.17, 15) is 39.6 Å². The van der Waals surface area contributed by atoms with Crippen molar-refractivity contribution >= 4 is 40.6 Å². The fourth-order valence-electron chi connectivity index (χ4n) is 8.81. The molecule has 22 heteroatoms. The first-order valence-electron chi connectivity index (χ1n) is 20.5. The summed E-state index contributed by atoms with van der Waals surface area (Å²) in [6.45, 7) is 3.73. The number of methoxy groups -OCH3 is 2. The van der Waals surface area contributed by atoms with E-state index in [0.29, 0.717) is 55.6 Å². The number of hydrogen-bond donors (Lipinski definition) is 7. The van der Waals surface area contributed by atoms with Gasteiger partial charge in [0, 0.05) is 59.6 Å². The topological polar surface area (TPSA) is 292 Å². The SMILES string of the molecule is CO[C@@H]1OC(CO)[C@@H](O)[C@H](O[C@@H]2OC(C(=O)NC3CCC(NC(=O)n4ccc5c(N(C)[C@H]6CN(C(=O)CC#N)CC[C@H]6C)ncnc54)CC3)[C@@H](OC)[C@H](O)C2O)C1NC(C)=O. The van der Waals surface area contributed by atoms with Crippen LogP contribution in [-0.2, 0) is 38.1 Å². The number of likely N-dealkylation sites (tertiary alicyclic amines) is 1. The number of piperidine rings is 1. The Balaban J connectivity index is 1.06. The van der Waals surface area contributed by atoms with E-state index < -0.39 is 79.8 Å². The van der Waals surface area contributed by atoms with Crippen LogP contribution in [-0.4, -0.2) is 184 Å². The first kappa shape index (κ1) is 45.9. The molecule has 3 saturated heterocycles. The third-order valence-corrected chi connectivity index (χ3v) is 12.2. The molecule has 5 heterocycles. The van der Waals surface area contributed by atoms with E-state index in [4.69, 9.17) is 28.9 Å². The molecule has 4 amide bonds. The number of likely N-dealkylation sites (N-methyl/N-ethyl adjacent to an activating group) is 1. The van der Waals surface area contributed by atoms with Crippen molar-refractivity contribution in [2.24, 2.45) is 5.92 Å². The fourth-order valence-corrected chi connectivity index (χ4v) is 8.81. The van der Waals surface area contributed by atoms with E-state index in [1.807, 2.05) is 18.0 Å². The Kier molecular flexibility index (Phi) is 15.1. The highest BCUT2D eigenvalue weighted by Gasteiger charge is 2.53. The van der Waals surface area contributed by atoms with Crippen LogP contribution < -0.4 is 20.9 Å². The molecule has 4 unspecified atom stereocenters. The largest absolute Gasteiger partial charge is 0.394 e. The lowest BCUT2D eigenvalue weighted by Gasteiger charge is -2.47. The maximum Gasteiger partial charge on any atom is 0.327 e. The number of rotatable bonds is 12. The van der Waals surface area contributed by atoms with Crippen molar-refractivity contribution in [3.8, 4) is 6.07 Å². The number of aliphatic hydroxyl groups excluding tert-OH is 4.